The van der Waals surface area contributed by atoms with Gasteiger partial charge in [0.2, 0.25) is 0 Å². The SMILES string of the molecule is CNC(CSCCCO)C1CCCC1. The Bertz CT molecular complexity index is 137. The molecule has 14 heavy (non-hydrogen) atoms. The van der Waals surface area contributed by atoms with Crippen LogP contribution in [0, 0.1) is 5.92 Å². The van der Waals surface area contributed by atoms with E-state index in [9.17, 15) is 0 Å². The number of aliphatic hydroxyl groups excluding tert-OH is 1. The molecule has 0 amide bonds. The van der Waals surface area contributed by atoms with Crippen molar-refractivity contribution < 1.29 is 5.11 Å². The Morgan fingerprint density at radius 1 is 1.43 bits per heavy atom. The molecule has 0 radical (unpaired) electrons. The van der Waals surface area contributed by atoms with Gasteiger partial charge in [0, 0.05) is 18.4 Å². The molecule has 0 spiro atoms. The zero-order chi connectivity index (χ0) is 10.2. The van der Waals surface area contributed by atoms with Crippen LogP contribution >= 0.6 is 11.8 Å². The third-order valence-electron chi connectivity index (χ3n) is 3.08. The first-order valence-electron chi connectivity index (χ1n) is 5.74. The summed E-state index contributed by atoms with van der Waals surface area (Å²) >= 11 is 1.97. The molecule has 1 rings (SSSR count). The molecule has 1 saturated carbocycles. The van der Waals surface area contributed by atoms with Crippen LogP contribution < -0.4 is 5.32 Å². The van der Waals surface area contributed by atoms with Crippen LogP contribution in [0.15, 0.2) is 0 Å². The molecule has 1 aliphatic rings. The summed E-state index contributed by atoms with van der Waals surface area (Å²) in [4.78, 5) is 0. The molecule has 0 aliphatic heterocycles. The second-order valence-electron chi connectivity index (χ2n) is 4.09. The maximum Gasteiger partial charge on any atom is 0.0438 e. The van der Waals surface area contributed by atoms with E-state index in [4.69, 9.17) is 5.11 Å². The lowest BCUT2D eigenvalue weighted by Gasteiger charge is -2.22. The average molecular weight is 217 g/mol. The third-order valence-corrected chi connectivity index (χ3v) is 4.26. The van der Waals surface area contributed by atoms with Crippen molar-refractivity contribution in [2.24, 2.45) is 5.92 Å². The highest BCUT2D eigenvalue weighted by atomic mass is 32.2. The highest BCUT2D eigenvalue weighted by Gasteiger charge is 2.23. The van der Waals surface area contributed by atoms with E-state index in [0.29, 0.717) is 12.6 Å². The quantitative estimate of drug-likeness (QED) is 0.639. The lowest BCUT2D eigenvalue weighted by Crippen LogP contribution is -2.34. The van der Waals surface area contributed by atoms with Gasteiger partial charge in [-0.15, -0.1) is 0 Å². The molecule has 1 atom stereocenters. The Hall–Kier alpha value is 0.270. The molecule has 0 heterocycles. The molecule has 1 unspecified atom stereocenters. The minimum atomic E-state index is 0.334. The van der Waals surface area contributed by atoms with Gasteiger partial charge in [-0.1, -0.05) is 12.8 Å². The second kappa shape index (κ2) is 7.55. The molecular formula is C11H23NOS. The van der Waals surface area contributed by atoms with Crippen molar-refractivity contribution in [3.05, 3.63) is 0 Å². The van der Waals surface area contributed by atoms with Crippen molar-refractivity contribution in [3.8, 4) is 0 Å². The maximum absolute atomic E-state index is 8.67. The summed E-state index contributed by atoms with van der Waals surface area (Å²) in [7, 11) is 2.08. The Morgan fingerprint density at radius 3 is 2.71 bits per heavy atom. The van der Waals surface area contributed by atoms with Gasteiger partial charge in [0.15, 0.2) is 0 Å². The van der Waals surface area contributed by atoms with Crippen LogP contribution in [0.25, 0.3) is 0 Å². The Balaban J connectivity index is 2.11. The number of hydrogen-bond acceptors (Lipinski definition) is 3. The van der Waals surface area contributed by atoms with Crippen molar-refractivity contribution in [2.45, 2.75) is 38.1 Å². The highest BCUT2D eigenvalue weighted by molar-refractivity contribution is 7.99. The van der Waals surface area contributed by atoms with Gasteiger partial charge in [-0.2, -0.15) is 11.8 Å². The molecule has 3 heteroatoms. The van der Waals surface area contributed by atoms with Gasteiger partial charge in [0.25, 0.3) is 0 Å². The highest BCUT2D eigenvalue weighted by Crippen LogP contribution is 2.29. The van der Waals surface area contributed by atoms with Gasteiger partial charge in [0.1, 0.15) is 0 Å². The van der Waals surface area contributed by atoms with E-state index in [1.54, 1.807) is 0 Å². The lowest BCUT2D eigenvalue weighted by atomic mass is 10.0. The molecule has 2 N–H and O–H groups in total. The molecule has 0 bridgehead atoms. The largest absolute Gasteiger partial charge is 0.396 e. The van der Waals surface area contributed by atoms with Gasteiger partial charge >= 0.3 is 0 Å². The average Bonchev–Trinajstić information content (AvgIpc) is 2.71. The van der Waals surface area contributed by atoms with E-state index < -0.39 is 0 Å². The minimum absolute atomic E-state index is 0.334. The Labute approximate surface area is 91.9 Å². The monoisotopic (exact) mass is 217 g/mol. The molecule has 0 aromatic carbocycles. The van der Waals surface area contributed by atoms with Crippen molar-refractivity contribution in [2.75, 3.05) is 25.2 Å². The van der Waals surface area contributed by atoms with Gasteiger partial charge in [-0.05, 0) is 38.0 Å². The number of thioether (sulfide) groups is 1. The molecule has 2 nitrogen and oxygen atoms in total. The summed E-state index contributed by atoms with van der Waals surface area (Å²) in [5, 5.41) is 12.1. The van der Waals surface area contributed by atoms with Crippen LogP contribution in [-0.4, -0.2) is 36.3 Å². The van der Waals surface area contributed by atoms with E-state index in [0.717, 1.165) is 18.1 Å². The summed E-state index contributed by atoms with van der Waals surface area (Å²) in [6.45, 7) is 0.334. The molecular weight excluding hydrogens is 194 g/mol. The van der Waals surface area contributed by atoms with Crippen LogP contribution in [0.2, 0.25) is 0 Å². The molecule has 84 valence electrons. The van der Waals surface area contributed by atoms with E-state index in [1.807, 2.05) is 11.8 Å². The summed E-state index contributed by atoms with van der Waals surface area (Å²) < 4.78 is 0. The van der Waals surface area contributed by atoms with Crippen molar-refractivity contribution in [1.82, 2.24) is 5.32 Å². The summed E-state index contributed by atoms with van der Waals surface area (Å²) in [6, 6.07) is 0.696. The number of nitrogens with one attached hydrogen (secondary N) is 1. The summed E-state index contributed by atoms with van der Waals surface area (Å²) in [6.07, 6.45) is 6.60. The molecule has 1 fully saturated rings. The molecule has 1 aliphatic carbocycles. The van der Waals surface area contributed by atoms with Crippen LogP contribution in [-0.2, 0) is 0 Å². The lowest BCUT2D eigenvalue weighted by molar-refractivity contribution is 0.296. The van der Waals surface area contributed by atoms with Crippen molar-refractivity contribution in [1.29, 1.82) is 0 Å². The van der Waals surface area contributed by atoms with Crippen LogP contribution in [0.1, 0.15) is 32.1 Å². The first-order chi connectivity index (χ1) is 6.88. The summed E-state index contributed by atoms with van der Waals surface area (Å²) in [5.41, 5.74) is 0. The van der Waals surface area contributed by atoms with E-state index in [-0.39, 0.29) is 0 Å². The minimum Gasteiger partial charge on any atom is -0.396 e. The summed E-state index contributed by atoms with van der Waals surface area (Å²) in [5.74, 6) is 3.21. The first kappa shape index (κ1) is 12.3. The molecule has 0 saturated heterocycles. The normalized spacial score (nSPS) is 20.1. The van der Waals surface area contributed by atoms with Crippen molar-refractivity contribution in [3.63, 3.8) is 0 Å². The van der Waals surface area contributed by atoms with Gasteiger partial charge < -0.3 is 10.4 Å². The number of hydrogen-bond donors (Lipinski definition) is 2. The standard InChI is InChI=1S/C11H23NOS/c1-12-11(9-14-8-4-7-13)10-5-2-3-6-10/h10-13H,2-9H2,1H3. The molecule has 0 aromatic rings. The number of rotatable bonds is 7. The smallest absolute Gasteiger partial charge is 0.0438 e. The van der Waals surface area contributed by atoms with Crippen LogP contribution in [0.4, 0.5) is 0 Å². The van der Waals surface area contributed by atoms with E-state index in [1.165, 1.54) is 31.4 Å². The Morgan fingerprint density at radius 2 is 2.14 bits per heavy atom. The van der Waals surface area contributed by atoms with Gasteiger partial charge in [0.05, 0.1) is 0 Å². The fourth-order valence-electron chi connectivity index (χ4n) is 2.19. The molecule has 0 aromatic heterocycles. The maximum atomic E-state index is 8.67. The van der Waals surface area contributed by atoms with Crippen LogP contribution in [0.3, 0.4) is 0 Å². The van der Waals surface area contributed by atoms with E-state index >= 15 is 0 Å². The van der Waals surface area contributed by atoms with Gasteiger partial charge in [-0.25, -0.2) is 0 Å². The Kier molecular flexibility index (Phi) is 6.65. The third kappa shape index (κ3) is 4.20. The fourth-order valence-corrected chi connectivity index (χ4v) is 3.38. The second-order valence-corrected chi connectivity index (χ2v) is 5.24. The predicted molar refractivity (Wildman–Crippen MR) is 63.8 cm³/mol. The topological polar surface area (TPSA) is 32.3 Å². The number of aliphatic hydroxyl groups is 1. The predicted octanol–water partition coefficient (Wildman–Crippen LogP) is 1.88. The zero-order valence-corrected chi connectivity index (χ0v) is 9.98. The fraction of sp³-hybridized carbons (Fsp3) is 1.00. The van der Waals surface area contributed by atoms with Crippen molar-refractivity contribution >= 4 is 11.8 Å². The van der Waals surface area contributed by atoms with E-state index in [2.05, 4.69) is 12.4 Å². The van der Waals surface area contributed by atoms with Gasteiger partial charge in [-0.3, -0.25) is 0 Å². The first-order valence-corrected chi connectivity index (χ1v) is 6.90. The zero-order valence-electron chi connectivity index (χ0n) is 9.17. The van der Waals surface area contributed by atoms with Crippen LogP contribution in [0.5, 0.6) is 0 Å².